The van der Waals surface area contributed by atoms with Crippen molar-refractivity contribution in [1.82, 2.24) is 0 Å². The lowest BCUT2D eigenvalue weighted by Crippen LogP contribution is -2.07. The van der Waals surface area contributed by atoms with Crippen LogP contribution in [0.1, 0.15) is 50.2 Å². The molecular weight excluding hydrogens is 384 g/mol. The third kappa shape index (κ3) is 5.53. The standard InChI is InChI=1S/C23H24N2O5/c1-2-3-4-5-6-15-29-20-13-9-18(10-14-20)22-21(23(26)30-24-22)16-17-7-11-19(12-8-17)25(27)28/h7-14,16H,2-6,15H2,1H3/b21-16-. The summed E-state index contributed by atoms with van der Waals surface area (Å²) in [7, 11) is 0. The predicted molar refractivity (Wildman–Crippen MR) is 114 cm³/mol. The molecule has 2 aromatic rings. The number of nitrogens with zero attached hydrogens (tertiary/aromatic N) is 2. The van der Waals surface area contributed by atoms with Crippen molar-refractivity contribution in [2.75, 3.05) is 6.61 Å². The van der Waals surface area contributed by atoms with Crippen molar-refractivity contribution in [1.29, 1.82) is 0 Å². The van der Waals surface area contributed by atoms with Crippen molar-refractivity contribution in [2.45, 2.75) is 39.0 Å². The van der Waals surface area contributed by atoms with Gasteiger partial charge in [0.1, 0.15) is 11.5 Å². The first kappa shape index (κ1) is 21.2. The van der Waals surface area contributed by atoms with Crippen LogP contribution in [0.5, 0.6) is 5.75 Å². The Morgan fingerprint density at radius 2 is 1.73 bits per heavy atom. The molecule has 1 aliphatic heterocycles. The Bertz CT molecular complexity index is 947. The third-order valence-electron chi connectivity index (χ3n) is 4.75. The molecule has 1 heterocycles. The number of benzene rings is 2. The van der Waals surface area contributed by atoms with Crippen molar-refractivity contribution in [3.63, 3.8) is 0 Å². The normalized spacial score (nSPS) is 14.5. The maximum absolute atomic E-state index is 12.1. The van der Waals surface area contributed by atoms with E-state index in [1.807, 2.05) is 24.3 Å². The lowest BCUT2D eigenvalue weighted by molar-refractivity contribution is -0.384. The Balaban J connectivity index is 1.65. The zero-order chi connectivity index (χ0) is 21.3. The van der Waals surface area contributed by atoms with Gasteiger partial charge in [0.15, 0.2) is 0 Å². The average Bonchev–Trinajstić information content (AvgIpc) is 3.11. The molecule has 0 radical (unpaired) electrons. The number of hydrogen-bond donors (Lipinski definition) is 0. The predicted octanol–water partition coefficient (Wildman–Crippen LogP) is 5.29. The summed E-state index contributed by atoms with van der Waals surface area (Å²) in [6, 6.07) is 13.3. The first-order valence-corrected chi connectivity index (χ1v) is 10.1. The molecule has 0 spiro atoms. The van der Waals surface area contributed by atoms with Gasteiger partial charge in [-0.15, -0.1) is 0 Å². The van der Waals surface area contributed by atoms with Gasteiger partial charge in [0.25, 0.3) is 5.69 Å². The summed E-state index contributed by atoms with van der Waals surface area (Å²) in [6.45, 7) is 2.87. The van der Waals surface area contributed by atoms with Gasteiger partial charge in [0.2, 0.25) is 0 Å². The Kier molecular flexibility index (Phi) is 7.32. The Morgan fingerprint density at radius 3 is 2.40 bits per heavy atom. The van der Waals surface area contributed by atoms with Crippen LogP contribution >= 0.6 is 0 Å². The molecule has 0 saturated heterocycles. The molecule has 0 aliphatic carbocycles. The Morgan fingerprint density at radius 1 is 1.03 bits per heavy atom. The number of nitro benzene ring substituents is 1. The molecule has 0 bridgehead atoms. The van der Waals surface area contributed by atoms with E-state index in [4.69, 9.17) is 9.57 Å². The van der Waals surface area contributed by atoms with Crippen LogP contribution in [0.25, 0.3) is 6.08 Å². The molecule has 156 valence electrons. The van der Waals surface area contributed by atoms with E-state index in [0.29, 0.717) is 23.5 Å². The SMILES string of the molecule is CCCCCCCOc1ccc(C2=NOC(=O)/C2=C\c2ccc([N+](=O)[O-])cc2)cc1. The maximum atomic E-state index is 12.1. The van der Waals surface area contributed by atoms with E-state index in [1.54, 1.807) is 18.2 Å². The molecule has 1 aliphatic rings. The molecule has 0 saturated carbocycles. The van der Waals surface area contributed by atoms with E-state index in [1.165, 1.54) is 37.8 Å². The fourth-order valence-corrected chi connectivity index (χ4v) is 3.08. The van der Waals surface area contributed by atoms with E-state index in [9.17, 15) is 14.9 Å². The highest BCUT2D eigenvalue weighted by molar-refractivity contribution is 6.31. The number of ether oxygens (including phenoxy) is 1. The van der Waals surface area contributed by atoms with Crippen LogP contribution in [0.15, 0.2) is 59.3 Å². The number of unbranched alkanes of at least 4 members (excludes halogenated alkanes) is 4. The van der Waals surface area contributed by atoms with Gasteiger partial charge >= 0.3 is 5.97 Å². The molecule has 30 heavy (non-hydrogen) atoms. The smallest absolute Gasteiger partial charge is 0.368 e. The van der Waals surface area contributed by atoms with Crippen LogP contribution in [0, 0.1) is 10.1 Å². The molecule has 3 rings (SSSR count). The van der Waals surface area contributed by atoms with Crippen LogP contribution in [-0.2, 0) is 9.63 Å². The van der Waals surface area contributed by atoms with Gasteiger partial charge < -0.3 is 9.57 Å². The van der Waals surface area contributed by atoms with Gasteiger partial charge in [-0.2, -0.15) is 0 Å². The summed E-state index contributed by atoms with van der Waals surface area (Å²) in [5, 5.41) is 14.7. The molecule has 0 amide bonds. The monoisotopic (exact) mass is 408 g/mol. The molecule has 0 fully saturated rings. The van der Waals surface area contributed by atoms with Crippen LogP contribution < -0.4 is 4.74 Å². The molecule has 0 N–H and O–H groups in total. The lowest BCUT2D eigenvalue weighted by Gasteiger charge is -2.07. The first-order chi connectivity index (χ1) is 14.6. The summed E-state index contributed by atoms with van der Waals surface area (Å²) < 4.78 is 5.77. The van der Waals surface area contributed by atoms with Crippen molar-refractivity contribution >= 4 is 23.4 Å². The molecule has 0 aromatic heterocycles. The molecule has 7 nitrogen and oxygen atoms in total. The summed E-state index contributed by atoms with van der Waals surface area (Å²) in [6.07, 6.45) is 7.51. The Hall–Kier alpha value is -3.48. The average molecular weight is 408 g/mol. The second kappa shape index (κ2) is 10.3. The zero-order valence-electron chi connectivity index (χ0n) is 16.9. The highest BCUT2D eigenvalue weighted by Crippen LogP contribution is 2.23. The van der Waals surface area contributed by atoms with Crippen molar-refractivity contribution in [3.05, 3.63) is 75.3 Å². The minimum absolute atomic E-state index is 0.0130. The van der Waals surface area contributed by atoms with Gasteiger partial charge in [-0.05, 0) is 54.5 Å². The van der Waals surface area contributed by atoms with E-state index in [0.717, 1.165) is 17.7 Å². The van der Waals surface area contributed by atoms with Crippen molar-refractivity contribution < 1.29 is 19.3 Å². The quantitative estimate of drug-likeness (QED) is 0.175. The summed E-state index contributed by atoms with van der Waals surface area (Å²) in [4.78, 5) is 27.3. The second-order valence-electron chi connectivity index (χ2n) is 7.01. The van der Waals surface area contributed by atoms with E-state index >= 15 is 0 Å². The van der Waals surface area contributed by atoms with Gasteiger partial charge in [-0.1, -0.05) is 37.8 Å². The molecule has 0 unspecified atom stereocenters. The molecular formula is C23H24N2O5. The minimum atomic E-state index is -0.559. The fourth-order valence-electron chi connectivity index (χ4n) is 3.08. The van der Waals surface area contributed by atoms with Crippen LogP contribution in [0.4, 0.5) is 5.69 Å². The van der Waals surface area contributed by atoms with Gasteiger partial charge in [-0.25, -0.2) is 4.79 Å². The number of rotatable bonds is 10. The van der Waals surface area contributed by atoms with Crippen LogP contribution in [0.3, 0.4) is 0 Å². The summed E-state index contributed by atoms with van der Waals surface area (Å²) in [5.41, 5.74) is 2.08. The fraction of sp³-hybridized carbons (Fsp3) is 0.304. The number of carbonyl (C=O) groups is 1. The third-order valence-corrected chi connectivity index (χ3v) is 4.75. The number of oxime groups is 1. The zero-order valence-corrected chi connectivity index (χ0v) is 16.9. The maximum Gasteiger partial charge on any atom is 0.368 e. The highest BCUT2D eigenvalue weighted by atomic mass is 16.7. The largest absolute Gasteiger partial charge is 0.494 e. The van der Waals surface area contributed by atoms with Gasteiger partial charge in [0, 0.05) is 17.7 Å². The van der Waals surface area contributed by atoms with Crippen molar-refractivity contribution in [3.8, 4) is 5.75 Å². The summed E-state index contributed by atoms with van der Waals surface area (Å²) >= 11 is 0. The number of non-ortho nitro benzene ring substituents is 1. The summed E-state index contributed by atoms with van der Waals surface area (Å²) in [5.74, 6) is 0.205. The first-order valence-electron chi connectivity index (χ1n) is 10.1. The van der Waals surface area contributed by atoms with Crippen LogP contribution in [0.2, 0.25) is 0 Å². The van der Waals surface area contributed by atoms with Gasteiger partial charge in [-0.3, -0.25) is 10.1 Å². The molecule has 7 heteroatoms. The number of nitro groups is 1. The molecule has 2 aromatic carbocycles. The topological polar surface area (TPSA) is 91.0 Å². The minimum Gasteiger partial charge on any atom is -0.494 e. The second-order valence-corrected chi connectivity index (χ2v) is 7.01. The highest BCUT2D eigenvalue weighted by Gasteiger charge is 2.26. The van der Waals surface area contributed by atoms with Gasteiger partial charge in [0.05, 0.1) is 17.1 Å². The van der Waals surface area contributed by atoms with E-state index in [-0.39, 0.29) is 5.69 Å². The number of hydrogen-bond acceptors (Lipinski definition) is 6. The van der Waals surface area contributed by atoms with Crippen LogP contribution in [-0.4, -0.2) is 23.2 Å². The Labute approximate surface area is 175 Å². The van der Waals surface area contributed by atoms with E-state index < -0.39 is 10.9 Å². The van der Waals surface area contributed by atoms with E-state index in [2.05, 4.69) is 12.1 Å². The van der Waals surface area contributed by atoms with Crippen molar-refractivity contribution in [2.24, 2.45) is 5.16 Å². The molecule has 0 atom stereocenters. The number of carbonyl (C=O) groups excluding carboxylic acids is 1. The lowest BCUT2D eigenvalue weighted by atomic mass is 10.0.